The van der Waals surface area contributed by atoms with Crippen molar-refractivity contribution in [1.82, 2.24) is 10.2 Å². The van der Waals surface area contributed by atoms with Crippen LogP contribution in [0.15, 0.2) is 35.3 Å². The van der Waals surface area contributed by atoms with Crippen LogP contribution < -0.4 is 5.32 Å². The summed E-state index contributed by atoms with van der Waals surface area (Å²) in [6.45, 7) is 7.12. The fourth-order valence-electron chi connectivity index (χ4n) is 3.00. The van der Waals surface area contributed by atoms with Gasteiger partial charge in [0.1, 0.15) is 0 Å². The van der Waals surface area contributed by atoms with Gasteiger partial charge in [-0.25, -0.2) is 8.42 Å². The van der Waals surface area contributed by atoms with Gasteiger partial charge in [0.2, 0.25) is 0 Å². The molecule has 0 aliphatic carbocycles. The number of rotatable bonds is 7. The van der Waals surface area contributed by atoms with E-state index in [0.717, 1.165) is 30.4 Å². The molecule has 0 amide bonds. The van der Waals surface area contributed by atoms with Crippen LogP contribution in [0.5, 0.6) is 0 Å². The van der Waals surface area contributed by atoms with Crippen LogP contribution in [0, 0.1) is 5.92 Å². The Hall–Kier alpha value is -0.480. The molecule has 1 N–H and O–H groups in total. The summed E-state index contributed by atoms with van der Waals surface area (Å²) in [6.07, 6.45) is 0.588. The molecule has 0 spiro atoms. The van der Waals surface area contributed by atoms with E-state index in [-0.39, 0.29) is 35.5 Å². The van der Waals surface area contributed by atoms with E-state index in [2.05, 4.69) is 29.1 Å². The average Bonchev–Trinajstić information content (AvgIpc) is 2.62. The zero-order valence-electron chi connectivity index (χ0n) is 16.4. The monoisotopic (exact) mass is 525 g/mol. The van der Waals surface area contributed by atoms with Crippen LogP contribution in [0.4, 0.5) is 0 Å². The molecule has 1 aliphatic heterocycles. The molecule has 1 saturated heterocycles. The highest BCUT2D eigenvalue weighted by molar-refractivity contribution is 14.0. The highest BCUT2D eigenvalue weighted by atomic mass is 127. The Balaban J connectivity index is 0.00000364. The van der Waals surface area contributed by atoms with Crippen molar-refractivity contribution in [1.29, 1.82) is 0 Å². The number of guanidine groups is 1. The van der Waals surface area contributed by atoms with Gasteiger partial charge in [0, 0.05) is 37.7 Å². The minimum atomic E-state index is -3.08. The van der Waals surface area contributed by atoms with Crippen LogP contribution in [0.1, 0.15) is 25.8 Å². The van der Waals surface area contributed by atoms with Crippen molar-refractivity contribution < 1.29 is 8.42 Å². The van der Waals surface area contributed by atoms with Crippen molar-refractivity contribution >= 4 is 51.5 Å². The summed E-state index contributed by atoms with van der Waals surface area (Å²) < 4.78 is 24.5. The van der Waals surface area contributed by atoms with Gasteiger partial charge in [-0.3, -0.25) is 4.99 Å². The fourth-order valence-corrected chi connectivity index (χ4v) is 5.72. The van der Waals surface area contributed by atoms with Crippen molar-refractivity contribution in [2.75, 3.05) is 38.2 Å². The smallest absolute Gasteiger partial charge is 0.193 e. The molecule has 1 unspecified atom stereocenters. The van der Waals surface area contributed by atoms with E-state index in [0.29, 0.717) is 24.1 Å². The molecular weight excluding hydrogens is 493 g/mol. The maximum absolute atomic E-state index is 12.3. The van der Waals surface area contributed by atoms with E-state index in [9.17, 15) is 8.42 Å². The number of hydrogen-bond donors (Lipinski definition) is 1. The van der Waals surface area contributed by atoms with E-state index in [1.54, 1.807) is 7.05 Å². The molecule has 1 aromatic rings. The van der Waals surface area contributed by atoms with Crippen molar-refractivity contribution in [3.8, 4) is 0 Å². The lowest BCUT2D eigenvalue weighted by atomic mass is 10.1. The van der Waals surface area contributed by atoms with Crippen LogP contribution in [0.3, 0.4) is 0 Å². The van der Waals surface area contributed by atoms with Gasteiger partial charge in [0.25, 0.3) is 0 Å². The lowest BCUT2D eigenvalue weighted by Gasteiger charge is -2.36. The summed E-state index contributed by atoms with van der Waals surface area (Å²) in [5.74, 6) is 2.94. The molecule has 1 aromatic carbocycles. The molecule has 1 aliphatic rings. The van der Waals surface area contributed by atoms with Gasteiger partial charge in [-0.2, -0.15) is 11.8 Å². The van der Waals surface area contributed by atoms with Gasteiger partial charge in [-0.15, -0.1) is 24.0 Å². The fraction of sp³-hybridized carbons (Fsp3) is 0.632. The molecule has 0 saturated carbocycles. The predicted molar refractivity (Wildman–Crippen MR) is 128 cm³/mol. The third-order valence-electron chi connectivity index (χ3n) is 4.49. The first-order valence-electron chi connectivity index (χ1n) is 9.23. The van der Waals surface area contributed by atoms with Crippen molar-refractivity contribution in [3.63, 3.8) is 0 Å². The Morgan fingerprint density at radius 3 is 2.67 bits per heavy atom. The molecule has 27 heavy (non-hydrogen) atoms. The van der Waals surface area contributed by atoms with Gasteiger partial charge < -0.3 is 10.2 Å². The summed E-state index contributed by atoms with van der Waals surface area (Å²) in [7, 11) is -1.29. The Bertz CT molecular complexity index is 681. The molecule has 8 heteroatoms. The number of halogens is 1. The standard InChI is InChI=1S/C19H31N3O2S2.HI/c1-16(2)18-14-22(11-12-25-18)19(20-3)21-10-7-13-26(23,24)15-17-8-5-4-6-9-17;/h4-6,8-9,16,18H,7,10-15H2,1-3H3,(H,20,21);1H. The lowest BCUT2D eigenvalue weighted by molar-refractivity contribution is 0.381. The second kappa shape index (κ2) is 12.2. The van der Waals surface area contributed by atoms with E-state index in [1.807, 2.05) is 42.1 Å². The topological polar surface area (TPSA) is 61.8 Å². The predicted octanol–water partition coefficient (Wildman–Crippen LogP) is 3.26. The van der Waals surface area contributed by atoms with E-state index in [4.69, 9.17) is 0 Å². The van der Waals surface area contributed by atoms with E-state index < -0.39 is 9.84 Å². The molecule has 1 heterocycles. The average molecular weight is 526 g/mol. The normalized spacial score (nSPS) is 18.3. The quantitative estimate of drug-likeness (QED) is 0.256. The highest BCUT2D eigenvalue weighted by Gasteiger charge is 2.24. The Morgan fingerprint density at radius 2 is 2.04 bits per heavy atom. The minimum absolute atomic E-state index is 0. The zero-order valence-corrected chi connectivity index (χ0v) is 20.4. The molecule has 0 radical (unpaired) electrons. The van der Waals surface area contributed by atoms with Gasteiger partial charge in [-0.1, -0.05) is 44.2 Å². The number of sulfone groups is 1. The number of thioether (sulfide) groups is 1. The maximum Gasteiger partial charge on any atom is 0.193 e. The molecule has 1 atom stereocenters. The van der Waals surface area contributed by atoms with Crippen molar-refractivity contribution in [2.24, 2.45) is 10.9 Å². The van der Waals surface area contributed by atoms with Gasteiger partial charge >= 0.3 is 0 Å². The molecule has 0 bridgehead atoms. The van der Waals surface area contributed by atoms with Crippen LogP contribution >= 0.6 is 35.7 Å². The Labute approximate surface area is 185 Å². The molecule has 2 rings (SSSR count). The molecule has 154 valence electrons. The third-order valence-corrected chi connectivity index (χ3v) is 7.72. The van der Waals surface area contributed by atoms with Crippen molar-refractivity contribution in [2.45, 2.75) is 31.3 Å². The largest absolute Gasteiger partial charge is 0.356 e. The second-order valence-corrected chi connectivity index (χ2v) is 10.5. The molecular formula is C19H32IN3O2S2. The summed E-state index contributed by atoms with van der Waals surface area (Å²) >= 11 is 2.03. The number of nitrogens with zero attached hydrogens (tertiary/aromatic N) is 2. The van der Waals surface area contributed by atoms with Crippen molar-refractivity contribution in [3.05, 3.63) is 35.9 Å². The minimum Gasteiger partial charge on any atom is -0.356 e. The number of benzene rings is 1. The van der Waals surface area contributed by atoms with E-state index in [1.165, 1.54) is 0 Å². The Kier molecular flexibility index (Phi) is 11.1. The van der Waals surface area contributed by atoms with Crippen LogP contribution in [0.25, 0.3) is 0 Å². The number of aliphatic imine (C=N–C) groups is 1. The molecule has 0 aromatic heterocycles. The SMILES string of the molecule is CN=C(NCCCS(=O)(=O)Cc1ccccc1)N1CCSC(C(C)C)C1.I. The second-order valence-electron chi connectivity index (χ2n) is 7.00. The number of nitrogens with one attached hydrogen (secondary N) is 1. The summed E-state index contributed by atoms with van der Waals surface area (Å²) in [4.78, 5) is 6.67. The zero-order chi connectivity index (χ0) is 19.0. The van der Waals surface area contributed by atoms with Crippen LogP contribution in [-0.2, 0) is 15.6 Å². The van der Waals surface area contributed by atoms with Crippen LogP contribution in [0.2, 0.25) is 0 Å². The first-order chi connectivity index (χ1) is 12.4. The first kappa shape index (κ1) is 24.6. The Morgan fingerprint density at radius 1 is 1.33 bits per heavy atom. The van der Waals surface area contributed by atoms with Gasteiger partial charge in [0.15, 0.2) is 15.8 Å². The first-order valence-corrected chi connectivity index (χ1v) is 12.1. The molecule has 5 nitrogen and oxygen atoms in total. The summed E-state index contributed by atoms with van der Waals surface area (Å²) in [6, 6.07) is 9.36. The molecule has 1 fully saturated rings. The lowest BCUT2D eigenvalue weighted by Crippen LogP contribution is -2.49. The maximum atomic E-state index is 12.3. The number of hydrogen-bond acceptors (Lipinski definition) is 4. The summed E-state index contributed by atoms with van der Waals surface area (Å²) in [5, 5.41) is 3.96. The van der Waals surface area contributed by atoms with Gasteiger partial charge in [0.05, 0.1) is 11.5 Å². The third kappa shape index (κ3) is 8.60. The van der Waals surface area contributed by atoms with Crippen LogP contribution in [-0.4, -0.2) is 62.7 Å². The highest BCUT2D eigenvalue weighted by Crippen LogP contribution is 2.24. The van der Waals surface area contributed by atoms with E-state index >= 15 is 0 Å². The van der Waals surface area contributed by atoms with Gasteiger partial charge in [-0.05, 0) is 17.9 Å². The summed E-state index contributed by atoms with van der Waals surface area (Å²) in [5.41, 5.74) is 0.849.